The van der Waals surface area contributed by atoms with Crippen molar-refractivity contribution in [1.82, 2.24) is 0 Å². The van der Waals surface area contributed by atoms with Crippen molar-refractivity contribution in [3.05, 3.63) is 0 Å². The van der Waals surface area contributed by atoms with Crippen molar-refractivity contribution < 1.29 is 0 Å². The van der Waals surface area contributed by atoms with E-state index in [0.29, 0.717) is 5.38 Å². The van der Waals surface area contributed by atoms with Gasteiger partial charge >= 0.3 is 0 Å². The Balaban J connectivity index is 3.29. The fourth-order valence-corrected chi connectivity index (χ4v) is 1.63. The third kappa shape index (κ3) is 8.19. The van der Waals surface area contributed by atoms with Crippen molar-refractivity contribution in [3.63, 3.8) is 0 Å². The van der Waals surface area contributed by atoms with Crippen molar-refractivity contribution in [1.29, 1.82) is 0 Å². The van der Waals surface area contributed by atoms with Crippen LogP contribution in [-0.2, 0) is 0 Å². The van der Waals surface area contributed by atoms with Gasteiger partial charge in [0.25, 0.3) is 0 Å². The van der Waals surface area contributed by atoms with Crippen molar-refractivity contribution >= 4 is 11.6 Å². The molecule has 0 aromatic heterocycles. The van der Waals surface area contributed by atoms with Crippen LogP contribution in [0.2, 0.25) is 0 Å². The molecule has 0 aliphatic carbocycles. The van der Waals surface area contributed by atoms with E-state index >= 15 is 0 Å². The Bertz CT molecular complexity index is 86.9. The van der Waals surface area contributed by atoms with Crippen LogP contribution in [0.3, 0.4) is 0 Å². The highest BCUT2D eigenvalue weighted by molar-refractivity contribution is 6.20. The molecule has 0 saturated carbocycles. The first-order valence-electron chi connectivity index (χ1n) is 4.66. The summed E-state index contributed by atoms with van der Waals surface area (Å²) in [4.78, 5) is 0. The maximum atomic E-state index is 6.12. The van der Waals surface area contributed by atoms with Gasteiger partial charge in [0, 0.05) is 5.38 Å². The maximum absolute atomic E-state index is 6.12. The van der Waals surface area contributed by atoms with Crippen LogP contribution in [0, 0.1) is 11.8 Å². The minimum atomic E-state index is 0.400. The van der Waals surface area contributed by atoms with Crippen LogP contribution >= 0.6 is 11.6 Å². The molecule has 0 N–H and O–H groups in total. The molecule has 0 fully saturated rings. The van der Waals surface area contributed by atoms with E-state index in [1.807, 2.05) is 0 Å². The summed E-state index contributed by atoms with van der Waals surface area (Å²) in [5.74, 6) is 1.54. The topological polar surface area (TPSA) is 0 Å². The average Bonchev–Trinajstić information content (AvgIpc) is 1.82. The molecule has 0 radical (unpaired) electrons. The van der Waals surface area contributed by atoms with Crippen LogP contribution < -0.4 is 0 Å². The fraction of sp³-hybridized carbons (Fsp3) is 1.00. The van der Waals surface area contributed by atoms with Crippen LogP contribution in [0.1, 0.15) is 47.0 Å². The third-order valence-electron chi connectivity index (χ3n) is 1.78. The molecule has 1 unspecified atom stereocenters. The highest BCUT2D eigenvalue weighted by Gasteiger charge is 2.07. The average molecular weight is 177 g/mol. The second kappa shape index (κ2) is 5.88. The summed E-state index contributed by atoms with van der Waals surface area (Å²) in [7, 11) is 0. The lowest BCUT2D eigenvalue weighted by molar-refractivity contribution is 0.489. The molecule has 0 aliphatic rings. The Morgan fingerprint density at radius 2 is 1.45 bits per heavy atom. The van der Waals surface area contributed by atoms with Crippen molar-refractivity contribution in [2.45, 2.75) is 52.3 Å². The lowest BCUT2D eigenvalue weighted by Crippen LogP contribution is -2.04. The van der Waals surface area contributed by atoms with E-state index in [0.717, 1.165) is 18.3 Å². The summed E-state index contributed by atoms with van der Waals surface area (Å²) in [6, 6.07) is 0. The summed E-state index contributed by atoms with van der Waals surface area (Å²) in [6.45, 7) is 8.95. The molecule has 0 aliphatic heterocycles. The molecule has 0 rings (SSSR count). The molecule has 0 aromatic rings. The normalized spacial score (nSPS) is 14.5. The molecule has 0 bridgehead atoms. The maximum Gasteiger partial charge on any atom is 0.0338 e. The Morgan fingerprint density at radius 3 is 1.82 bits per heavy atom. The molecular weight excluding hydrogens is 156 g/mol. The standard InChI is InChI=1S/C10H21Cl/c1-8(2)5-6-10(11)7-9(3)4/h8-10H,5-7H2,1-4H3. The van der Waals surface area contributed by atoms with E-state index in [-0.39, 0.29) is 0 Å². The molecule has 68 valence electrons. The van der Waals surface area contributed by atoms with E-state index < -0.39 is 0 Å². The first-order valence-corrected chi connectivity index (χ1v) is 5.10. The van der Waals surface area contributed by atoms with E-state index in [9.17, 15) is 0 Å². The van der Waals surface area contributed by atoms with E-state index in [1.165, 1.54) is 12.8 Å². The third-order valence-corrected chi connectivity index (χ3v) is 2.18. The van der Waals surface area contributed by atoms with E-state index in [2.05, 4.69) is 27.7 Å². The van der Waals surface area contributed by atoms with Crippen molar-refractivity contribution in [2.24, 2.45) is 11.8 Å². The van der Waals surface area contributed by atoms with Gasteiger partial charge in [-0.05, 0) is 31.1 Å². The van der Waals surface area contributed by atoms with Crippen LogP contribution in [0.5, 0.6) is 0 Å². The van der Waals surface area contributed by atoms with Gasteiger partial charge in [-0.15, -0.1) is 11.6 Å². The van der Waals surface area contributed by atoms with Gasteiger partial charge in [-0.25, -0.2) is 0 Å². The highest BCUT2D eigenvalue weighted by atomic mass is 35.5. The Labute approximate surface area is 76.3 Å². The van der Waals surface area contributed by atoms with E-state index in [1.54, 1.807) is 0 Å². The number of alkyl halides is 1. The summed E-state index contributed by atoms with van der Waals surface area (Å²) in [6.07, 6.45) is 3.60. The van der Waals surface area contributed by atoms with Gasteiger partial charge in [-0.3, -0.25) is 0 Å². The largest absolute Gasteiger partial charge is 0.123 e. The monoisotopic (exact) mass is 176 g/mol. The van der Waals surface area contributed by atoms with Gasteiger partial charge in [-0.1, -0.05) is 27.7 Å². The first-order chi connectivity index (χ1) is 5.02. The minimum absolute atomic E-state index is 0.400. The molecule has 1 heteroatoms. The first kappa shape index (κ1) is 11.3. The second-order valence-electron chi connectivity index (χ2n) is 4.20. The van der Waals surface area contributed by atoms with Gasteiger partial charge in [-0.2, -0.15) is 0 Å². The van der Waals surface area contributed by atoms with Gasteiger partial charge in [0.05, 0.1) is 0 Å². The predicted molar refractivity (Wildman–Crippen MR) is 53.2 cm³/mol. The van der Waals surface area contributed by atoms with Crippen LogP contribution in [0.4, 0.5) is 0 Å². The van der Waals surface area contributed by atoms with Crippen molar-refractivity contribution in [3.8, 4) is 0 Å². The molecule has 0 nitrogen and oxygen atoms in total. The second-order valence-corrected chi connectivity index (χ2v) is 4.82. The fourth-order valence-electron chi connectivity index (χ4n) is 1.14. The van der Waals surface area contributed by atoms with Crippen molar-refractivity contribution in [2.75, 3.05) is 0 Å². The Kier molecular flexibility index (Phi) is 6.03. The molecule has 0 amide bonds. The quantitative estimate of drug-likeness (QED) is 0.554. The number of hydrogen-bond acceptors (Lipinski definition) is 0. The van der Waals surface area contributed by atoms with Gasteiger partial charge in [0.2, 0.25) is 0 Å². The smallest absolute Gasteiger partial charge is 0.0338 e. The summed E-state index contributed by atoms with van der Waals surface area (Å²) < 4.78 is 0. The summed E-state index contributed by atoms with van der Waals surface area (Å²) in [5, 5.41) is 0.400. The molecule has 0 heterocycles. The number of halogens is 1. The summed E-state index contributed by atoms with van der Waals surface area (Å²) >= 11 is 6.12. The van der Waals surface area contributed by atoms with Crippen LogP contribution in [-0.4, -0.2) is 5.38 Å². The Hall–Kier alpha value is 0.290. The molecule has 0 spiro atoms. The SMILES string of the molecule is CC(C)CCC(Cl)CC(C)C. The molecule has 0 aromatic carbocycles. The van der Waals surface area contributed by atoms with E-state index in [4.69, 9.17) is 11.6 Å². The molecular formula is C10H21Cl. The number of rotatable bonds is 5. The Morgan fingerprint density at radius 1 is 0.909 bits per heavy atom. The lowest BCUT2D eigenvalue weighted by atomic mass is 10.0. The molecule has 1 atom stereocenters. The zero-order chi connectivity index (χ0) is 8.85. The summed E-state index contributed by atoms with van der Waals surface area (Å²) in [5.41, 5.74) is 0. The van der Waals surface area contributed by atoms with Crippen LogP contribution in [0.15, 0.2) is 0 Å². The van der Waals surface area contributed by atoms with Gasteiger partial charge < -0.3 is 0 Å². The highest BCUT2D eigenvalue weighted by Crippen LogP contribution is 2.18. The zero-order valence-electron chi connectivity index (χ0n) is 8.23. The van der Waals surface area contributed by atoms with Gasteiger partial charge in [0.1, 0.15) is 0 Å². The minimum Gasteiger partial charge on any atom is -0.123 e. The predicted octanol–water partition coefficient (Wildman–Crippen LogP) is 4.08. The molecule has 0 saturated heterocycles. The van der Waals surface area contributed by atoms with Gasteiger partial charge in [0.15, 0.2) is 0 Å². The van der Waals surface area contributed by atoms with Crippen LogP contribution in [0.25, 0.3) is 0 Å². The number of hydrogen-bond donors (Lipinski definition) is 0. The molecule has 11 heavy (non-hydrogen) atoms. The lowest BCUT2D eigenvalue weighted by Gasteiger charge is -2.12. The zero-order valence-corrected chi connectivity index (χ0v) is 8.99.